The van der Waals surface area contributed by atoms with E-state index in [-0.39, 0.29) is 5.92 Å². The molecule has 2 rings (SSSR count). The molecule has 0 aromatic heterocycles. The topological polar surface area (TPSA) is 49.3 Å². The van der Waals surface area contributed by atoms with E-state index in [1.165, 1.54) is 11.1 Å². The highest BCUT2D eigenvalue weighted by Gasteiger charge is 2.42. The molecular weight excluding hydrogens is 294 g/mol. The second kappa shape index (κ2) is 5.85. The second-order valence-electron chi connectivity index (χ2n) is 4.97. The lowest BCUT2D eigenvalue weighted by Crippen LogP contribution is -2.21. The molecule has 2 atom stereocenters. The molecule has 4 heteroatoms. The summed E-state index contributed by atoms with van der Waals surface area (Å²) >= 11 is 3.48. The SMILES string of the molecule is Cc1ccc(Br)cc1CCNCC1CC1C(=O)O. The van der Waals surface area contributed by atoms with E-state index in [4.69, 9.17) is 5.11 Å². The summed E-state index contributed by atoms with van der Waals surface area (Å²) in [7, 11) is 0. The first-order valence-electron chi connectivity index (χ1n) is 6.26. The standard InChI is InChI=1S/C14H18BrNO2/c1-9-2-3-12(15)6-10(9)4-5-16-8-11-7-13(11)14(17)18/h2-3,6,11,13,16H,4-5,7-8H2,1H3,(H,17,18). The van der Waals surface area contributed by atoms with Gasteiger partial charge >= 0.3 is 5.97 Å². The van der Waals surface area contributed by atoms with Gasteiger partial charge in [-0.25, -0.2) is 0 Å². The van der Waals surface area contributed by atoms with Gasteiger partial charge in [0.15, 0.2) is 0 Å². The molecule has 0 spiro atoms. The van der Waals surface area contributed by atoms with E-state index in [9.17, 15) is 4.79 Å². The van der Waals surface area contributed by atoms with Crippen LogP contribution in [0.1, 0.15) is 17.5 Å². The molecule has 1 aromatic carbocycles. The molecule has 0 amide bonds. The van der Waals surface area contributed by atoms with Crippen molar-refractivity contribution in [1.82, 2.24) is 5.32 Å². The molecule has 0 aliphatic heterocycles. The minimum absolute atomic E-state index is 0.106. The van der Waals surface area contributed by atoms with Crippen LogP contribution < -0.4 is 5.32 Å². The minimum Gasteiger partial charge on any atom is -0.481 e. The number of aryl methyl sites for hydroxylation is 1. The molecule has 0 heterocycles. The van der Waals surface area contributed by atoms with E-state index in [0.717, 1.165) is 30.4 Å². The predicted molar refractivity (Wildman–Crippen MR) is 74.7 cm³/mol. The van der Waals surface area contributed by atoms with Gasteiger partial charge in [0.1, 0.15) is 0 Å². The van der Waals surface area contributed by atoms with Gasteiger partial charge in [0.2, 0.25) is 0 Å². The lowest BCUT2D eigenvalue weighted by molar-refractivity contribution is -0.138. The number of aliphatic carboxylic acids is 1. The predicted octanol–water partition coefficient (Wildman–Crippen LogP) is 2.61. The first-order valence-corrected chi connectivity index (χ1v) is 7.06. The summed E-state index contributed by atoms with van der Waals surface area (Å²) in [5.74, 6) is -0.416. The Labute approximate surface area is 116 Å². The largest absolute Gasteiger partial charge is 0.481 e. The van der Waals surface area contributed by atoms with Crippen molar-refractivity contribution >= 4 is 21.9 Å². The van der Waals surface area contributed by atoms with Crippen molar-refractivity contribution in [2.24, 2.45) is 11.8 Å². The number of carboxylic acids is 1. The molecule has 0 radical (unpaired) electrons. The first-order chi connectivity index (χ1) is 8.58. The molecule has 18 heavy (non-hydrogen) atoms. The van der Waals surface area contributed by atoms with E-state index in [1.54, 1.807) is 0 Å². The lowest BCUT2D eigenvalue weighted by atomic mass is 10.1. The number of benzene rings is 1. The van der Waals surface area contributed by atoms with Crippen LogP contribution in [0.4, 0.5) is 0 Å². The zero-order valence-electron chi connectivity index (χ0n) is 10.4. The average molecular weight is 312 g/mol. The number of rotatable bonds is 6. The van der Waals surface area contributed by atoms with Crippen molar-refractivity contribution in [1.29, 1.82) is 0 Å². The van der Waals surface area contributed by atoms with Crippen LogP contribution >= 0.6 is 15.9 Å². The Hall–Kier alpha value is -0.870. The van der Waals surface area contributed by atoms with Crippen LogP contribution in [0.2, 0.25) is 0 Å². The molecule has 1 saturated carbocycles. The monoisotopic (exact) mass is 311 g/mol. The molecule has 1 aliphatic carbocycles. The third-order valence-electron chi connectivity index (χ3n) is 3.53. The van der Waals surface area contributed by atoms with Gasteiger partial charge in [-0.2, -0.15) is 0 Å². The van der Waals surface area contributed by atoms with Gasteiger partial charge in [0.25, 0.3) is 0 Å². The summed E-state index contributed by atoms with van der Waals surface area (Å²) < 4.78 is 1.11. The fourth-order valence-corrected chi connectivity index (χ4v) is 2.60. The maximum atomic E-state index is 10.7. The van der Waals surface area contributed by atoms with E-state index in [1.807, 2.05) is 6.07 Å². The van der Waals surface area contributed by atoms with Gasteiger partial charge in [-0.05, 0) is 62.0 Å². The molecule has 1 fully saturated rings. The molecule has 0 saturated heterocycles. The van der Waals surface area contributed by atoms with Gasteiger partial charge in [-0.3, -0.25) is 4.79 Å². The van der Waals surface area contributed by atoms with Crippen molar-refractivity contribution in [2.45, 2.75) is 19.8 Å². The van der Waals surface area contributed by atoms with Crippen molar-refractivity contribution < 1.29 is 9.90 Å². The second-order valence-corrected chi connectivity index (χ2v) is 5.88. The summed E-state index contributed by atoms with van der Waals surface area (Å²) in [6.07, 6.45) is 1.81. The molecule has 98 valence electrons. The Kier molecular flexibility index (Phi) is 4.40. The Morgan fingerprint density at radius 1 is 1.56 bits per heavy atom. The smallest absolute Gasteiger partial charge is 0.306 e. The summed E-state index contributed by atoms with van der Waals surface area (Å²) in [4.78, 5) is 10.7. The van der Waals surface area contributed by atoms with Gasteiger partial charge in [-0.15, -0.1) is 0 Å². The quantitative estimate of drug-likeness (QED) is 0.794. The highest BCUT2D eigenvalue weighted by molar-refractivity contribution is 9.10. The van der Waals surface area contributed by atoms with Crippen molar-refractivity contribution in [3.8, 4) is 0 Å². The third-order valence-corrected chi connectivity index (χ3v) is 4.02. The van der Waals surface area contributed by atoms with E-state index in [2.05, 4.69) is 40.3 Å². The third kappa shape index (κ3) is 3.56. The number of hydrogen-bond acceptors (Lipinski definition) is 2. The Morgan fingerprint density at radius 3 is 3.00 bits per heavy atom. The number of carboxylic acid groups (broad SMARTS) is 1. The van der Waals surface area contributed by atoms with Crippen LogP contribution in [-0.4, -0.2) is 24.2 Å². The Bertz CT molecular complexity index is 447. The molecule has 3 nitrogen and oxygen atoms in total. The normalized spacial score (nSPS) is 21.9. The summed E-state index contributed by atoms with van der Waals surface area (Å²) in [5, 5.41) is 12.1. The maximum Gasteiger partial charge on any atom is 0.306 e. The van der Waals surface area contributed by atoms with Crippen LogP contribution in [0, 0.1) is 18.8 Å². The summed E-state index contributed by atoms with van der Waals surface area (Å²) in [6, 6.07) is 6.31. The van der Waals surface area contributed by atoms with E-state index >= 15 is 0 Å². The van der Waals surface area contributed by atoms with Crippen LogP contribution in [0.15, 0.2) is 22.7 Å². The first kappa shape index (κ1) is 13.6. The van der Waals surface area contributed by atoms with Gasteiger partial charge in [-0.1, -0.05) is 22.0 Å². The average Bonchev–Trinajstić information content (AvgIpc) is 3.08. The van der Waals surface area contributed by atoms with E-state index < -0.39 is 5.97 Å². The molecule has 1 aliphatic rings. The maximum absolute atomic E-state index is 10.7. The number of nitrogens with one attached hydrogen (secondary N) is 1. The van der Waals surface area contributed by atoms with Crippen molar-refractivity contribution in [2.75, 3.05) is 13.1 Å². The highest BCUT2D eigenvalue weighted by Crippen LogP contribution is 2.37. The molecule has 2 N–H and O–H groups in total. The number of hydrogen-bond donors (Lipinski definition) is 2. The molecule has 0 bridgehead atoms. The number of halogens is 1. The molecule has 1 aromatic rings. The molecular formula is C14H18BrNO2. The summed E-state index contributed by atoms with van der Waals surface area (Å²) in [6.45, 7) is 3.84. The van der Waals surface area contributed by atoms with Crippen molar-refractivity contribution in [3.05, 3.63) is 33.8 Å². The lowest BCUT2D eigenvalue weighted by Gasteiger charge is -2.07. The van der Waals surface area contributed by atoms with Gasteiger partial charge in [0, 0.05) is 4.47 Å². The Morgan fingerprint density at radius 2 is 2.33 bits per heavy atom. The van der Waals surface area contributed by atoms with Crippen LogP contribution in [0.25, 0.3) is 0 Å². The zero-order chi connectivity index (χ0) is 13.1. The van der Waals surface area contributed by atoms with Crippen LogP contribution in [0.5, 0.6) is 0 Å². The zero-order valence-corrected chi connectivity index (χ0v) is 12.0. The summed E-state index contributed by atoms with van der Waals surface area (Å²) in [5.41, 5.74) is 2.64. The van der Waals surface area contributed by atoms with Gasteiger partial charge < -0.3 is 10.4 Å². The number of carbonyl (C=O) groups is 1. The van der Waals surface area contributed by atoms with Crippen molar-refractivity contribution in [3.63, 3.8) is 0 Å². The highest BCUT2D eigenvalue weighted by atomic mass is 79.9. The van der Waals surface area contributed by atoms with Crippen LogP contribution in [-0.2, 0) is 11.2 Å². The van der Waals surface area contributed by atoms with Crippen LogP contribution in [0.3, 0.4) is 0 Å². The fourth-order valence-electron chi connectivity index (χ4n) is 2.20. The molecule has 2 unspecified atom stereocenters. The Balaban J connectivity index is 1.70. The van der Waals surface area contributed by atoms with Gasteiger partial charge in [0.05, 0.1) is 5.92 Å². The minimum atomic E-state index is -0.648. The van der Waals surface area contributed by atoms with E-state index in [0.29, 0.717) is 5.92 Å². The fraction of sp³-hybridized carbons (Fsp3) is 0.500.